The van der Waals surface area contributed by atoms with Crippen molar-refractivity contribution in [3.63, 3.8) is 0 Å². The monoisotopic (exact) mass is 299 g/mol. The number of benzene rings is 1. The lowest BCUT2D eigenvalue weighted by molar-refractivity contribution is -0.161. The van der Waals surface area contributed by atoms with Gasteiger partial charge in [-0.15, -0.1) is 0 Å². The summed E-state index contributed by atoms with van der Waals surface area (Å²) in [7, 11) is 0. The summed E-state index contributed by atoms with van der Waals surface area (Å²) in [6.45, 7) is 7.12. The van der Waals surface area contributed by atoms with Crippen LogP contribution in [-0.2, 0) is 15.1 Å². The molecule has 1 unspecified atom stereocenters. The third kappa shape index (κ3) is 3.82. The number of ether oxygens (including phenoxy) is 1. The highest BCUT2D eigenvalue weighted by atomic mass is 79.9. The summed E-state index contributed by atoms with van der Waals surface area (Å²) in [6.07, 6.45) is 0. The fourth-order valence-electron chi connectivity index (χ4n) is 1.31. The maximum Gasteiger partial charge on any atom is 0.331 e. The van der Waals surface area contributed by atoms with E-state index in [1.807, 2.05) is 45.0 Å². The molecular formula is C13H18BrNO2. The number of rotatable bonds is 2. The first-order chi connectivity index (χ1) is 7.63. The summed E-state index contributed by atoms with van der Waals surface area (Å²) in [5.41, 5.74) is 5.11. The Labute approximate surface area is 110 Å². The number of esters is 1. The third-order valence-corrected chi connectivity index (χ3v) is 2.74. The van der Waals surface area contributed by atoms with Gasteiger partial charge in [0.15, 0.2) is 0 Å². The summed E-state index contributed by atoms with van der Waals surface area (Å²) in [5.74, 6) is -0.428. The Morgan fingerprint density at radius 2 is 1.88 bits per heavy atom. The van der Waals surface area contributed by atoms with E-state index < -0.39 is 17.1 Å². The van der Waals surface area contributed by atoms with Crippen molar-refractivity contribution < 1.29 is 9.53 Å². The zero-order valence-electron chi connectivity index (χ0n) is 10.6. The van der Waals surface area contributed by atoms with Crippen molar-refractivity contribution in [2.24, 2.45) is 5.73 Å². The normalized spacial score (nSPS) is 15.2. The van der Waals surface area contributed by atoms with Crippen molar-refractivity contribution in [2.45, 2.75) is 38.8 Å². The van der Waals surface area contributed by atoms with Crippen molar-refractivity contribution in [2.75, 3.05) is 0 Å². The summed E-state index contributed by atoms with van der Waals surface area (Å²) in [6, 6.07) is 7.36. The second-order valence-corrected chi connectivity index (χ2v) is 6.13. The molecule has 0 aliphatic carbocycles. The average Bonchev–Trinajstić information content (AvgIpc) is 2.15. The largest absolute Gasteiger partial charge is 0.458 e. The van der Waals surface area contributed by atoms with Crippen molar-refractivity contribution in [1.82, 2.24) is 0 Å². The lowest BCUT2D eigenvalue weighted by atomic mass is 9.93. The van der Waals surface area contributed by atoms with E-state index in [0.717, 1.165) is 10.0 Å². The van der Waals surface area contributed by atoms with E-state index in [-0.39, 0.29) is 0 Å². The minimum Gasteiger partial charge on any atom is -0.458 e. The van der Waals surface area contributed by atoms with Gasteiger partial charge >= 0.3 is 5.97 Å². The predicted octanol–water partition coefficient (Wildman–Crippen LogP) is 2.96. The van der Waals surface area contributed by atoms with E-state index in [4.69, 9.17) is 10.5 Å². The van der Waals surface area contributed by atoms with Crippen molar-refractivity contribution >= 4 is 21.9 Å². The van der Waals surface area contributed by atoms with E-state index >= 15 is 0 Å². The number of hydrogen-bond donors (Lipinski definition) is 1. The third-order valence-electron chi connectivity index (χ3n) is 2.25. The molecule has 0 heterocycles. The smallest absolute Gasteiger partial charge is 0.331 e. The van der Waals surface area contributed by atoms with Crippen LogP contribution < -0.4 is 5.73 Å². The van der Waals surface area contributed by atoms with Gasteiger partial charge in [-0.25, -0.2) is 4.79 Å². The van der Waals surface area contributed by atoms with E-state index in [1.165, 1.54) is 0 Å². The van der Waals surface area contributed by atoms with Gasteiger partial charge in [0, 0.05) is 4.47 Å². The van der Waals surface area contributed by atoms with Crippen molar-refractivity contribution in [1.29, 1.82) is 0 Å². The molecule has 0 saturated heterocycles. The number of halogens is 1. The van der Waals surface area contributed by atoms with Crippen LogP contribution in [0, 0.1) is 0 Å². The van der Waals surface area contributed by atoms with Crippen LogP contribution in [0.25, 0.3) is 0 Å². The van der Waals surface area contributed by atoms with Crippen LogP contribution in [0.1, 0.15) is 33.3 Å². The summed E-state index contributed by atoms with van der Waals surface area (Å²) in [5, 5.41) is 0. The van der Waals surface area contributed by atoms with Gasteiger partial charge in [0.2, 0.25) is 0 Å². The molecule has 0 spiro atoms. The molecule has 0 aliphatic heterocycles. The Bertz CT molecular complexity index is 422. The Morgan fingerprint density at radius 3 is 2.35 bits per heavy atom. The van der Waals surface area contributed by atoms with Crippen LogP contribution >= 0.6 is 15.9 Å². The van der Waals surface area contributed by atoms with Gasteiger partial charge < -0.3 is 10.5 Å². The molecule has 0 saturated carbocycles. The van der Waals surface area contributed by atoms with Gasteiger partial charge in [-0.05, 0) is 45.4 Å². The van der Waals surface area contributed by atoms with Crippen LogP contribution in [-0.4, -0.2) is 11.6 Å². The molecule has 1 atom stereocenters. The lowest BCUT2D eigenvalue weighted by Crippen LogP contribution is -2.45. The molecule has 0 aromatic heterocycles. The highest BCUT2D eigenvalue weighted by Gasteiger charge is 2.35. The van der Waals surface area contributed by atoms with Gasteiger partial charge in [-0.1, -0.05) is 28.1 Å². The molecule has 94 valence electrons. The summed E-state index contributed by atoms with van der Waals surface area (Å²) in [4.78, 5) is 12.0. The molecular weight excluding hydrogens is 282 g/mol. The number of nitrogens with two attached hydrogens (primary N) is 1. The van der Waals surface area contributed by atoms with Crippen LogP contribution in [0.5, 0.6) is 0 Å². The molecule has 17 heavy (non-hydrogen) atoms. The van der Waals surface area contributed by atoms with Crippen LogP contribution in [0.15, 0.2) is 28.7 Å². The van der Waals surface area contributed by atoms with Crippen molar-refractivity contribution in [3.05, 3.63) is 34.3 Å². The van der Waals surface area contributed by atoms with Crippen molar-refractivity contribution in [3.8, 4) is 0 Å². The topological polar surface area (TPSA) is 52.3 Å². The zero-order valence-corrected chi connectivity index (χ0v) is 12.2. The lowest BCUT2D eigenvalue weighted by Gasteiger charge is -2.28. The quantitative estimate of drug-likeness (QED) is 0.854. The molecule has 0 fully saturated rings. The van der Waals surface area contributed by atoms with E-state index in [1.54, 1.807) is 6.92 Å². The number of hydrogen-bond acceptors (Lipinski definition) is 3. The second kappa shape index (κ2) is 4.78. The van der Waals surface area contributed by atoms with Crippen LogP contribution in [0.3, 0.4) is 0 Å². The minimum absolute atomic E-state index is 0.428. The Kier molecular flexibility index (Phi) is 3.99. The first-order valence-corrected chi connectivity index (χ1v) is 6.20. The maximum atomic E-state index is 12.0. The first-order valence-electron chi connectivity index (χ1n) is 5.41. The standard InChI is InChI=1S/C13H18BrNO2/c1-12(2,3)17-11(16)13(4,15)9-6-5-7-10(14)8-9/h5-8H,15H2,1-4H3. The first kappa shape index (κ1) is 14.2. The van der Waals surface area contributed by atoms with Gasteiger partial charge in [0.1, 0.15) is 11.1 Å². The molecule has 3 nitrogen and oxygen atoms in total. The maximum absolute atomic E-state index is 12.0. The molecule has 0 radical (unpaired) electrons. The van der Waals surface area contributed by atoms with Gasteiger partial charge in [-0.2, -0.15) is 0 Å². The highest BCUT2D eigenvalue weighted by Crippen LogP contribution is 2.24. The van der Waals surface area contributed by atoms with Crippen LogP contribution in [0.2, 0.25) is 0 Å². The molecule has 0 amide bonds. The Morgan fingerprint density at radius 1 is 1.29 bits per heavy atom. The van der Waals surface area contributed by atoms with E-state index in [0.29, 0.717) is 0 Å². The van der Waals surface area contributed by atoms with Crippen LogP contribution in [0.4, 0.5) is 0 Å². The average molecular weight is 300 g/mol. The van der Waals surface area contributed by atoms with Gasteiger partial charge in [0.25, 0.3) is 0 Å². The summed E-state index contributed by atoms with van der Waals surface area (Å²) >= 11 is 3.36. The van der Waals surface area contributed by atoms with E-state index in [2.05, 4.69) is 15.9 Å². The fraction of sp³-hybridized carbons (Fsp3) is 0.462. The molecule has 2 N–H and O–H groups in total. The zero-order chi connectivity index (χ0) is 13.3. The van der Waals surface area contributed by atoms with Gasteiger partial charge in [-0.3, -0.25) is 0 Å². The molecule has 1 rings (SSSR count). The number of carbonyl (C=O) groups is 1. The predicted molar refractivity (Wildman–Crippen MR) is 71.5 cm³/mol. The Hall–Kier alpha value is -0.870. The van der Waals surface area contributed by atoms with Gasteiger partial charge in [0.05, 0.1) is 0 Å². The SMILES string of the molecule is CC(C)(C)OC(=O)C(C)(N)c1cccc(Br)c1. The highest BCUT2D eigenvalue weighted by molar-refractivity contribution is 9.10. The molecule has 1 aromatic carbocycles. The minimum atomic E-state index is -1.14. The molecule has 1 aromatic rings. The Balaban J connectivity index is 2.99. The molecule has 0 bridgehead atoms. The number of carbonyl (C=O) groups excluding carboxylic acids is 1. The molecule has 4 heteroatoms. The molecule has 0 aliphatic rings. The summed E-state index contributed by atoms with van der Waals surface area (Å²) < 4.78 is 6.20. The second-order valence-electron chi connectivity index (χ2n) is 5.21. The van der Waals surface area contributed by atoms with E-state index in [9.17, 15) is 4.79 Å². The fourth-order valence-corrected chi connectivity index (χ4v) is 1.71.